The molecule has 13 heteroatoms. The minimum absolute atomic E-state index is 0.0431. The zero-order valence-electron chi connectivity index (χ0n) is 27.7. The summed E-state index contributed by atoms with van der Waals surface area (Å²) in [6.45, 7) is 10.4. The Morgan fingerprint density at radius 3 is 2.28 bits per heavy atom. The number of urea groups is 1. The molecule has 3 amide bonds. The van der Waals surface area contributed by atoms with Gasteiger partial charge < -0.3 is 25.3 Å². The first kappa shape index (κ1) is 36.5. The second kappa shape index (κ2) is 16.2. The van der Waals surface area contributed by atoms with Gasteiger partial charge >= 0.3 is 6.03 Å². The Hall–Kier alpha value is -3.36. The second-order valence-corrected chi connectivity index (χ2v) is 15.8. The Kier molecular flexibility index (Phi) is 12.5. The number of aliphatic hydroxyl groups excluding tert-OH is 2. The van der Waals surface area contributed by atoms with Gasteiger partial charge in [-0.1, -0.05) is 70.2 Å². The van der Waals surface area contributed by atoms with E-state index in [2.05, 4.69) is 10.3 Å². The molecule has 256 valence electrons. The smallest absolute Gasteiger partial charge is 0.321 e. The van der Waals surface area contributed by atoms with Crippen LogP contribution in [0.25, 0.3) is 0 Å². The number of thiazole rings is 1. The van der Waals surface area contributed by atoms with Crippen LogP contribution in [-0.2, 0) is 34.4 Å². The van der Waals surface area contributed by atoms with Crippen molar-refractivity contribution in [2.45, 2.75) is 77.3 Å². The van der Waals surface area contributed by atoms with Crippen LogP contribution >= 0.6 is 11.3 Å². The molecule has 1 saturated heterocycles. The van der Waals surface area contributed by atoms with Gasteiger partial charge in [-0.25, -0.2) is 18.2 Å². The number of carbonyl (C=O) groups excluding carboxylic acids is 2. The van der Waals surface area contributed by atoms with E-state index in [1.165, 1.54) is 27.8 Å². The van der Waals surface area contributed by atoms with Gasteiger partial charge in [0.15, 0.2) is 0 Å². The van der Waals surface area contributed by atoms with Crippen LogP contribution in [0.15, 0.2) is 64.9 Å². The third-order valence-electron chi connectivity index (χ3n) is 8.18. The Morgan fingerprint density at radius 2 is 1.70 bits per heavy atom. The van der Waals surface area contributed by atoms with Crippen molar-refractivity contribution in [3.63, 3.8) is 0 Å². The number of benzene rings is 2. The lowest BCUT2D eigenvalue weighted by Gasteiger charge is -2.34. The van der Waals surface area contributed by atoms with Crippen LogP contribution in [0.2, 0.25) is 0 Å². The molecule has 1 fully saturated rings. The lowest BCUT2D eigenvalue weighted by atomic mass is 9.97. The zero-order chi connectivity index (χ0) is 34.3. The van der Waals surface area contributed by atoms with Crippen LogP contribution in [0.3, 0.4) is 0 Å². The number of carbonyl (C=O) groups is 2. The first-order chi connectivity index (χ1) is 22.3. The average Bonchev–Trinajstić information content (AvgIpc) is 3.61. The van der Waals surface area contributed by atoms with Crippen LogP contribution < -0.4 is 5.32 Å². The highest BCUT2D eigenvalue weighted by Crippen LogP contribution is 2.23. The molecule has 0 bridgehead atoms. The summed E-state index contributed by atoms with van der Waals surface area (Å²) in [6.07, 6.45) is -1.02. The fourth-order valence-electron chi connectivity index (χ4n) is 5.84. The highest BCUT2D eigenvalue weighted by atomic mass is 32.2. The van der Waals surface area contributed by atoms with E-state index in [9.17, 15) is 28.2 Å². The Bertz CT molecular complexity index is 1580. The monoisotopic (exact) mass is 685 g/mol. The molecule has 2 aromatic carbocycles. The van der Waals surface area contributed by atoms with E-state index in [1.54, 1.807) is 21.9 Å². The van der Waals surface area contributed by atoms with Crippen LogP contribution in [0.1, 0.15) is 49.5 Å². The topological polar surface area (TPSA) is 143 Å². The summed E-state index contributed by atoms with van der Waals surface area (Å²) >= 11 is 1.52. The van der Waals surface area contributed by atoms with E-state index < -0.39 is 34.1 Å². The molecule has 4 rings (SSSR count). The molecular formula is C34H47N5O6S2. The molecule has 0 aliphatic carbocycles. The van der Waals surface area contributed by atoms with Crippen molar-refractivity contribution in [3.05, 3.63) is 81.8 Å². The Balaban J connectivity index is 1.56. The fraction of sp³-hybridized carbons (Fsp3) is 0.500. The molecule has 3 atom stereocenters. The standard InChI is InChI=1S/C34H47N5O6S2/c1-23(2)18-38(47(44,45)29-13-11-27(21-40)12-14-29)20-31(41)30(17-26-9-7-6-8-10-26)36-33(42)32(24(3)4)39-16-15-37(34(39)43)19-28-22-46-25(5)35-28/h6-14,22-24,30-32,40-41H,15-21H2,1-5H3,(H,36,42)/t30-,31+,32?/m0/s1. The van der Waals surface area contributed by atoms with E-state index in [-0.39, 0.29) is 48.9 Å². The van der Waals surface area contributed by atoms with Gasteiger partial charge in [-0.05, 0) is 48.4 Å². The number of aromatic nitrogens is 1. The van der Waals surface area contributed by atoms with Crippen molar-refractivity contribution in [2.24, 2.45) is 11.8 Å². The molecule has 0 saturated carbocycles. The number of nitrogens with one attached hydrogen (secondary N) is 1. The largest absolute Gasteiger partial charge is 0.392 e. The lowest BCUT2D eigenvalue weighted by Crippen LogP contribution is -2.57. The number of sulfonamides is 1. The van der Waals surface area contributed by atoms with Crippen molar-refractivity contribution >= 4 is 33.3 Å². The molecule has 0 spiro atoms. The number of rotatable bonds is 16. The number of aliphatic hydroxyl groups is 2. The van der Waals surface area contributed by atoms with Gasteiger partial charge in [-0.3, -0.25) is 4.79 Å². The van der Waals surface area contributed by atoms with Gasteiger partial charge in [0.1, 0.15) is 6.04 Å². The molecule has 47 heavy (non-hydrogen) atoms. The van der Waals surface area contributed by atoms with Crippen molar-refractivity contribution in [2.75, 3.05) is 26.2 Å². The van der Waals surface area contributed by atoms with Crippen molar-refractivity contribution < 1.29 is 28.2 Å². The predicted molar refractivity (Wildman–Crippen MR) is 182 cm³/mol. The number of aryl methyl sites for hydroxylation is 1. The first-order valence-electron chi connectivity index (χ1n) is 16.0. The molecule has 3 N–H and O–H groups in total. The third-order valence-corrected chi connectivity index (χ3v) is 10.8. The molecule has 1 aromatic heterocycles. The molecule has 1 aliphatic rings. The normalized spacial score (nSPS) is 15.9. The lowest BCUT2D eigenvalue weighted by molar-refractivity contribution is -0.128. The SMILES string of the molecule is Cc1nc(CN2CCN(C(C(=O)N[C@@H](Cc3ccccc3)[C@H](O)CN(CC(C)C)S(=O)(=O)c3ccc(CO)cc3)C(C)C)C2=O)cs1. The summed E-state index contributed by atoms with van der Waals surface area (Å²) in [7, 11) is -4.02. The first-order valence-corrected chi connectivity index (χ1v) is 18.3. The zero-order valence-corrected chi connectivity index (χ0v) is 29.4. The van der Waals surface area contributed by atoms with Gasteiger partial charge in [0.25, 0.3) is 0 Å². The van der Waals surface area contributed by atoms with Crippen LogP contribution in [-0.4, -0.2) is 94.0 Å². The number of nitrogens with zero attached hydrogens (tertiary/aromatic N) is 4. The highest BCUT2D eigenvalue weighted by molar-refractivity contribution is 7.89. The summed E-state index contributed by atoms with van der Waals surface area (Å²) < 4.78 is 28.8. The minimum atomic E-state index is -4.02. The molecule has 0 radical (unpaired) electrons. The molecule has 1 unspecified atom stereocenters. The van der Waals surface area contributed by atoms with Gasteiger partial charge in [-0.2, -0.15) is 4.31 Å². The Morgan fingerprint density at radius 1 is 1.02 bits per heavy atom. The van der Waals surface area contributed by atoms with Gasteiger partial charge in [-0.15, -0.1) is 11.3 Å². The van der Waals surface area contributed by atoms with Gasteiger partial charge in [0.2, 0.25) is 15.9 Å². The van der Waals surface area contributed by atoms with E-state index in [0.717, 1.165) is 16.3 Å². The van der Waals surface area contributed by atoms with Crippen LogP contribution in [0.4, 0.5) is 4.79 Å². The molecular weight excluding hydrogens is 639 g/mol. The predicted octanol–water partition coefficient (Wildman–Crippen LogP) is 3.64. The summed E-state index contributed by atoms with van der Waals surface area (Å²) in [5, 5.41) is 27.0. The third kappa shape index (κ3) is 9.38. The van der Waals surface area contributed by atoms with Crippen molar-refractivity contribution in [1.29, 1.82) is 0 Å². The summed E-state index contributed by atoms with van der Waals surface area (Å²) in [5.74, 6) is -0.675. The Labute approximate surface area is 282 Å². The van der Waals surface area contributed by atoms with E-state index in [4.69, 9.17) is 0 Å². The van der Waals surface area contributed by atoms with Crippen LogP contribution in [0.5, 0.6) is 0 Å². The summed E-state index contributed by atoms with van der Waals surface area (Å²) in [6, 6.07) is 13.5. The maximum absolute atomic E-state index is 14.0. The maximum atomic E-state index is 14.0. The maximum Gasteiger partial charge on any atom is 0.321 e. The molecule has 3 aromatic rings. The molecule has 11 nitrogen and oxygen atoms in total. The quantitative estimate of drug-likeness (QED) is 0.209. The molecule has 1 aliphatic heterocycles. The van der Waals surface area contributed by atoms with Crippen molar-refractivity contribution in [1.82, 2.24) is 24.4 Å². The molecule has 2 heterocycles. The van der Waals surface area contributed by atoms with Gasteiger partial charge in [0.05, 0.1) is 40.9 Å². The number of hydrogen-bond donors (Lipinski definition) is 3. The second-order valence-electron chi connectivity index (χ2n) is 12.8. The average molecular weight is 686 g/mol. The highest BCUT2D eigenvalue weighted by Gasteiger charge is 2.40. The number of amides is 3. The van der Waals surface area contributed by atoms with Crippen molar-refractivity contribution in [3.8, 4) is 0 Å². The fourth-order valence-corrected chi connectivity index (χ4v) is 8.06. The van der Waals surface area contributed by atoms with E-state index in [1.807, 2.05) is 70.3 Å². The van der Waals surface area contributed by atoms with E-state index in [0.29, 0.717) is 25.2 Å². The van der Waals surface area contributed by atoms with Crippen LogP contribution in [0, 0.1) is 18.8 Å². The summed E-state index contributed by atoms with van der Waals surface area (Å²) in [4.78, 5) is 35.4. The summed E-state index contributed by atoms with van der Waals surface area (Å²) in [5.41, 5.74) is 2.25. The van der Waals surface area contributed by atoms with Gasteiger partial charge in [0, 0.05) is 31.6 Å². The minimum Gasteiger partial charge on any atom is -0.392 e. The number of hydrogen-bond acceptors (Lipinski definition) is 8. The van der Waals surface area contributed by atoms with E-state index >= 15 is 0 Å².